The quantitative estimate of drug-likeness (QED) is 0.542. The van der Waals surface area contributed by atoms with Crippen molar-refractivity contribution in [2.45, 2.75) is 50.2 Å². The molecule has 0 spiro atoms. The molecule has 18 heavy (non-hydrogen) atoms. The van der Waals surface area contributed by atoms with Crippen molar-refractivity contribution in [3.63, 3.8) is 0 Å². The van der Waals surface area contributed by atoms with E-state index in [1.165, 1.54) is 24.8 Å². The van der Waals surface area contributed by atoms with Crippen LogP contribution in [0.5, 0.6) is 0 Å². The topological polar surface area (TPSA) is 12.4 Å². The van der Waals surface area contributed by atoms with Crippen molar-refractivity contribution >= 4 is 29.8 Å². The van der Waals surface area contributed by atoms with Crippen molar-refractivity contribution in [3.05, 3.63) is 34.9 Å². The molecule has 1 aliphatic carbocycles. The number of hydrogen-bond donors (Lipinski definition) is 0. The zero-order valence-electron chi connectivity index (χ0n) is 11.2. The van der Waals surface area contributed by atoms with Crippen LogP contribution in [-0.2, 0) is 5.41 Å². The summed E-state index contributed by atoms with van der Waals surface area (Å²) in [5.41, 5.74) is 1.50. The second-order valence-corrected chi connectivity index (χ2v) is 8.01. The first-order valence-electron chi connectivity index (χ1n) is 6.40. The fraction of sp³-hybridized carbons (Fsp3) is 0.533. The van der Waals surface area contributed by atoms with E-state index >= 15 is 0 Å². The van der Waals surface area contributed by atoms with E-state index in [0.29, 0.717) is 0 Å². The third-order valence-electron chi connectivity index (χ3n) is 3.29. The van der Waals surface area contributed by atoms with E-state index in [2.05, 4.69) is 43.5 Å². The van der Waals surface area contributed by atoms with Crippen molar-refractivity contribution < 1.29 is 0 Å². The van der Waals surface area contributed by atoms with Crippen LogP contribution in [0.3, 0.4) is 0 Å². The highest BCUT2D eigenvalue weighted by Gasteiger charge is 2.37. The van der Waals surface area contributed by atoms with Crippen LogP contribution in [0.15, 0.2) is 28.7 Å². The zero-order chi connectivity index (χ0) is 13.2. The lowest BCUT2D eigenvalue weighted by molar-refractivity contribution is 0.348. The van der Waals surface area contributed by atoms with E-state index in [-0.39, 0.29) is 10.2 Å². The summed E-state index contributed by atoms with van der Waals surface area (Å²) in [7, 11) is 0. The van der Waals surface area contributed by atoms with Gasteiger partial charge < -0.3 is 0 Å². The van der Waals surface area contributed by atoms with Gasteiger partial charge in [-0.3, -0.25) is 0 Å². The van der Waals surface area contributed by atoms with Crippen LogP contribution in [0.25, 0.3) is 0 Å². The van der Waals surface area contributed by atoms with Crippen LogP contribution in [0, 0.1) is 0 Å². The summed E-state index contributed by atoms with van der Waals surface area (Å²) in [6.07, 6.45) is 5.83. The maximum absolute atomic E-state index is 5.95. The van der Waals surface area contributed by atoms with Gasteiger partial charge in [0.1, 0.15) is 0 Å². The Balaban J connectivity index is 2.13. The molecule has 0 amide bonds. The Morgan fingerprint density at radius 2 is 1.83 bits per heavy atom. The number of halogens is 1. The molecule has 0 radical (unpaired) electrons. The maximum Gasteiger partial charge on any atom is 0.0406 e. The molecule has 0 heterocycles. The van der Waals surface area contributed by atoms with Crippen LogP contribution in [0.2, 0.25) is 5.02 Å². The van der Waals surface area contributed by atoms with E-state index in [1.54, 1.807) is 11.9 Å². The molecule has 0 aromatic heterocycles. The molecule has 1 aromatic rings. The summed E-state index contributed by atoms with van der Waals surface area (Å²) in [6.45, 7) is 6.56. The summed E-state index contributed by atoms with van der Waals surface area (Å²) in [6, 6.07) is 8.22. The summed E-state index contributed by atoms with van der Waals surface area (Å²) in [5, 5.41) is 0.800. The Labute approximate surface area is 119 Å². The molecule has 0 N–H and O–H groups in total. The van der Waals surface area contributed by atoms with Crippen LogP contribution in [0.1, 0.15) is 45.6 Å². The molecule has 3 heteroatoms. The highest BCUT2D eigenvalue weighted by molar-refractivity contribution is 7.99. The lowest BCUT2D eigenvalue weighted by atomic mass is 9.65. The first-order valence-corrected chi connectivity index (χ1v) is 7.55. The largest absolute Gasteiger partial charge is 0.228 e. The summed E-state index contributed by atoms with van der Waals surface area (Å²) in [4.78, 5) is 0. The first-order chi connectivity index (χ1) is 8.41. The molecule has 98 valence electrons. The lowest BCUT2D eigenvalue weighted by Gasteiger charge is -2.39. The van der Waals surface area contributed by atoms with Crippen LogP contribution < -0.4 is 0 Å². The number of rotatable bonds is 3. The van der Waals surface area contributed by atoms with E-state index < -0.39 is 0 Å². The maximum atomic E-state index is 5.95. The van der Waals surface area contributed by atoms with Gasteiger partial charge in [-0.15, -0.1) is 0 Å². The van der Waals surface area contributed by atoms with Crippen molar-refractivity contribution in [2.75, 3.05) is 0 Å². The Bertz CT molecular complexity index is 427. The summed E-state index contributed by atoms with van der Waals surface area (Å²) in [5.74, 6) is 0. The van der Waals surface area contributed by atoms with Crippen molar-refractivity contribution in [1.82, 2.24) is 0 Å². The highest BCUT2D eigenvalue weighted by Crippen LogP contribution is 2.43. The van der Waals surface area contributed by atoms with Crippen LogP contribution >= 0.6 is 23.5 Å². The van der Waals surface area contributed by atoms with Crippen LogP contribution in [0.4, 0.5) is 0 Å². The minimum Gasteiger partial charge on any atom is -0.228 e. The molecule has 0 bridgehead atoms. The van der Waals surface area contributed by atoms with E-state index in [4.69, 9.17) is 11.6 Å². The second-order valence-electron chi connectivity index (χ2n) is 5.95. The Hall–Kier alpha value is -0.470. The average Bonchev–Trinajstić information content (AvgIpc) is 2.22. The van der Waals surface area contributed by atoms with Gasteiger partial charge >= 0.3 is 0 Å². The Morgan fingerprint density at radius 3 is 2.28 bits per heavy atom. The van der Waals surface area contributed by atoms with E-state index in [0.717, 1.165) is 5.02 Å². The molecule has 1 saturated carbocycles. The van der Waals surface area contributed by atoms with Gasteiger partial charge in [-0.25, -0.2) is 4.40 Å². The predicted molar refractivity (Wildman–Crippen MR) is 82.8 cm³/mol. The summed E-state index contributed by atoms with van der Waals surface area (Å²) < 4.78 is 4.78. The average molecular weight is 282 g/mol. The standard InChI is InChI=1S/C15H20ClNS/c1-14(2,3)18-17-11-15(9-4-10-15)12-5-7-13(16)8-6-12/h5-8,11H,4,9-10H2,1-3H3/b17-11+. The predicted octanol–water partition coefficient (Wildman–Crippen LogP) is 5.28. The second kappa shape index (κ2) is 5.26. The van der Waals surface area contributed by atoms with E-state index in [1.807, 2.05) is 12.1 Å². The lowest BCUT2D eigenvalue weighted by Crippen LogP contribution is -2.35. The molecule has 1 nitrogen and oxygen atoms in total. The Kier molecular flexibility index (Phi) is 4.08. The number of hydrogen-bond acceptors (Lipinski definition) is 2. The molecular weight excluding hydrogens is 262 g/mol. The molecule has 2 rings (SSSR count). The van der Waals surface area contributed by atoms with Gasteiger partial charge in [-0.2, -0.15) is 0 Å². The SMILES string of the molecule is CC(C)(C)S/N=C/C1(c2ccc(Cl)cc2)CCC1. The molecule has 0 unspecified atom stereocenters. The molecule has 0 aliphatic heterocycles. The molecule has 1 aromatic carbocycles. The fourth-order valence-electron chi connectivity index (χ4n) is 2.12. The molecule has 1 aliphatic rings. The van der Waals surface area contributed by atoms with Gasteiger partial charge in [0.15, 0.2) is 0 Å². The normalized spacial score (nSPS) is 18.9. The minimum atomic E-state index is 0.156. The van der Waals surface area contributed by atoms with Crippen molar-refractivity contribution in [3.8, 4) is 0 Å². The van der Waals surface area contributed by atoms with Gasteiger partial charge in [0.05, 0.1) is 0 Å². The van der Waals surface area contributed by atoms with Gasteiger partial charge in [-0.1, -0.05) is 30.2 Å². The third kappa shape index (κ3) is 3.30. The fourth-order valence-corrected chi connectivity index (χ4v) is 2.81. The van der Waals surface area contributed by atoms with Crippen LogP contribution in [-0.4, -0.2) is 11.0 Å². The van der Waals surface area contributed by atoms with Crippen molar-refractivity contribution in [2.24, 2.45) is 4.40 Å². The molecule has 0 saturated heterocycles. The molecule has 1 fully saturated rings. The van der Waals surface area contributed by atoms with Crippen molar-refractivity contribution in [1.29, 1.82) is 0 Å². The first kappa shape index (κ1) is 14.0. The number of benzene rings is 1. The highest BCUT2D eigenvalue weighted by atomic mass is 35.5. The van der Waals surface area contributed by atoms with Gasteiger partial charge in [0.25, 0.3) is 0 Å². The minimum absolute atomic E-state index is 0.156. The zero-order valence-corrected chi connectivity index (χ0v) is 12.8. The smallest absolute Gasteiger partial charge is 0.0406 e. The van der Waals surface area contributed by atoms with Gasteiger partial charge in [-0.05, 0) is 63.3 Å². The Morgan fingerprint density at radius 1 is 1.22 bits per heavy atom. The number of nitrogens with zero attached hydrogens (tertiary/aromatic N) is 1. The van der Waals surface area contributed by atoms with Gasteiger partial charge in [0, 0.05) is 21.4 Å². The third-order valence-corrected chi connectivity index (χ3v) is 4.30. The molecular formula is C15H20ClNS. The van der Waals surface area contributed by atoms with Gasteiger partial charge in [0.2, 0.25) is 0 Å². The monoisotopic (exact) mass is 281 g/mol. The summed E-state index contributed by atoms with van der Waals surface area (Å²) >= 11 is 7.60. The van der Waals surface area contributed by atoms with E-state index in [9.17, 15) is 0 Å². The molecule has 0 atom stereocenters.